The van der Waals surface area contributed by atoms with Gasteiger partial charge in [0.15, 0.2) is 0 Å². The van der Waals surface area contributed by atoms with Crippen LogP contribution in [0.3, 0.4) is 0 Å². The number of allylic oxidation sites excluding steroid dienone is 1. The van der Waals surface area contributed by atoms with Gasteiger partial charge in [-0.05, 0) is 25.3 Å². The molecule has 1 unspecified atom stereocenters. The molecule has 0 radical (unpaired) electrons. The third kappa shape index (κ3) is 2.45. The molecule has 102 valence electrons. The zero-order valence-electron chi connectivity index (χ0n) is 11.2. The van der Waals surface area contributed by atoms with Crippen molar-refractivity contribution in [3.8, 4) is 0 Å². The number of nitrogens with zero attached hydrogens (tertiary/aromatic N) is 1. The van der Waals surface area contributed by atoms with Crippen LogP contribution in [0.4, 0.5) is 0 Å². The molecule has 5 heteroatoms. The average molecular weight is 262 g/mol. The van der Waals surface area contributed by atoms with Gasteiger partial charge in [0.2, 0.25) is 11.8 Å². The first-order chi connectivity index (χ1) is 9.08. The number of nitrogens with one attached hydrogen (secondary N) is 1. The summed E-state index contributed by atoms with van der Waals surface area (Å²) in [5.41, 5.74) is 1.74. The lowest BCUT2D eigenvalue weighted by Crippen LogP contribution is -2.53. The molecule has 2 aliphatic rings. The Kier molecular flexibility index (Phi) is 3.83. The van der Waals surface area contributed by atoms with E-state index in [1.54, 1.807) is 11.0 Å². The largest absolute Gasteiger partial charge is 0.323 e. The highest BCUT2D eigenvalue weighted by Gasteiger charge is 2.38. The molecule has 0 aliphatic carbocycles. The number of amides is 3. The van der Waals surface area contributed by atoms with Crippen molar-refractivity contribution in [3.63, 3.8) is 0 Å². The summed E-state index contributed by atoms with van der Waals surface area (Å²) >= 11 is 0. The molecule has 1 saturated heterocycles. The number of rotatable bonds is 3. The van der Waals surface area contributed by atoms with E-state index in [1.165, 1.54) is 0 Å². The monoisotopic (exact) mass is 262 g/mol. The molecule has 3 amide bonds. The van der Waals surface area contributed by atoms with Gasteiger partial charge in [-0.3, -0.25) is 19.7 Å². The van der Waals surface area contributed by atoms with Gasteiger partial charge >= 0.3 is 0 Å². The number of hydrogen-bond acceptors (Lipinski definition) is 3. The zero-order valence-corrected chi connectivity index (χ0v) is 11.2. The molecule has 2 aliphatic heterocycles. The summed E-state index contributed by atoms with van der Waals surface area (Å²) in [6.07, 6.45) is 5.12. The summed E-state index contributed by atoms with van der Waals surface area (Å²) in [5.74, 6) is -0.725. The van der Waals surface area contributed by atoms with E-state index < -0.39 is 6.04 Å². The maximum Gasteiger partial charge on any atom is 0.254 e. The highest BCUT2D eigenvalue weighted by atomic mass is 16.2. The average Bonchev–Trinajstić information content (AvgIpc) is 2.68. The van der Waals surface area contributed by atoms with Crippen LogP contribution in [0.25, 0.3) is 0 Å². The maximum atomic E-state index is 12.3. The summed E-state index contributed by atoms with van der Waals surface area (Å²) in [7, 11) is 0. The Morgan fingerprint density at radius 3 is 2.68 bits per heavy atom. The lowest BCUT2D eigenvalue weighted by Gasteiger charge is -2.29. The van der Waals surface area contributed by atoms with E-state index in [0.717, 1.165) is 12.0 Å². The van der Waals surface area contributed by atoms with Crippen LogP contribution >= 0.6 is 0 Å². The zero-order chi connectivity index (χ0) is 14.0. The molecular formula is C14H18N2O3. The maximum absolute atomic E-state index is 12.3. The van der Waals surface area contributed by atoms with Crippen molar-refractivity contribution in [1.82, 2.24) is 10.2 Å². The van der Waals surface area contributed by atoms with Gasteiger partial charge in [0.05, 0.1) is 0 Å². The summed E-state index contributed by atoms with van der Waals surface area (Å²) in [4.78, 5) is 36.9. The second-order valence-corrected chi connectivity index (χ2v) is 4.77. The first-order valence-electron chi connectivity index (χ1n) is 6.57. The van der Waals surface area contributed by atoms with Gasteiger partial charge in [0.1, 0.15) is 6.04 Å². The third-order valence-electron chi connectivity index (χ3n) is 3.58. The van der Waals surface area contributed by atoms with E-state index in [9.17, 15) is 14.4 Å². The minimum atomic E-state index is -0.519. The second-order valence-electron chi connectivity index (χ2n) is 4.77. The third-order valence-corrected chi connectivity index (χ3v) is 3.58. The fourth-order valence-corrected chi connectivity index (χ4v) is 2.56. The topological polar surface area (TPSA) is 66.5 Å². The van der Waals surface area contributed by atoms with E-state index in [0.29, 0.717) is 25.0 Å². The number of piperidine rings is 1. The van der Waals surface area contributed by atoms with Crippen molar-refractivity contribution in [3.05, 3.63) is 23.3 Å². The number of carbonyl (C=O) groups is 3. The molecule has 5 nitrogen and oxygen atoms in total. The van der Waals surface area contributed by atoms with Crippen LogP contribution in [0.1, 0.15) is 33.1 Å². The fourth-order valence-electron chi connectivity index (χ4n) is 2.56. The normalized spacial score (nSPS) is 24.6. The minimum Gasteiger partial charge on any atom is -0.323 e. The van der Waals surface area contributed by atoms with E-state index in [2.05, 4.69) is 5.32 Å². The van der Waals surface area contributed by atoms with E-state index >= 15 is 0 Å². The molecule has 0 bridgehead atoms. The number of imide groups is 1. The molecule has 1 atom stereocenters. The minimum absolute atomic E-state index is 0.107. The second kappa shape index (κ2) is 5.38. The van der Waals surface area contributed by atoms with Gasteiger partial charge in [0, 0.05) is 18.5 Å². The molecular weight excluding hydrogens is 244 g/mol. The molecule has 19 heavy (non-hydrogen) atoms. The summed E-state index contributed by atoms with van der Waals surface area (Å²) in [6, 6.07) is -0.519. The standard InChI is InChI=1S/C14H18N2O3/c1-3-5-10-9(4-2)8-16(14(10)19)11-6-7-12(17)15-13(11)18/h3,5,11H,4,6-8H2,1-2H3,(H,15,17,18)/b5-3-. The molecule has 1 N–H and O–H groups in total. The van der Waals surface area contributed by atoms with Gasteiger partial charge in [-0.2, -0.15) is 0 Å². The molecule has 2 rings (SSSR count). The molecule has 0 spiro atoms. The van der Waals surface area contributed by atoms with Crippen molar-refractivity contribution in [2.24, 2.45) is 0 Å². The van der Waals surface area contributed by atoms with Crippen LogP contribution in [0.15, 0.2) is 23.3 Å². The Bertz CT molecular complexity index is 491. The van der Waals surface area contributed by atoms with Crippen molar-refractivity contribution >= 4 is 17.7 Å². The summed E-state index contributed by atoms with van der Waals surface area (Å²) in [6.45, 7) is 4.35. The lowest BCUT2D eigenvalue weighted by molar-refractivity contribution is -0.142. The van der Waals surface area contributed by atoms with Crippen molar-refractivity contribution < 1.29 is 14.4 Å². The highest BCUT2D eigenvalue weighted by Crippen LogP contribution is 2.27. The first kappa shape index (κ1) is 13.5. The molecule has 0 aromatic carbocycles. The predicted molar refractivity (Wildman–Crippen MR) is 70.0 cm³/mol. The van der Waals surface area contributed by atoms with Crippen molar-refractivity contribution in [1.29, 1.82) is 0 Å². The molecule has 0 aromatic rings. The van der Waals surface area contributed by atoms with Gasteiger partial charge in [-0.25, -0.2) is 0 Å². The first-order valence-corrected chi connectivity index (χ1v) is 6.57. The fraction of sp³-hybridized carbons (Fsp3) is 0.500. The van der Waals surface area contributed by atoms with Crippen LogP contribution in [-0.4, -0.2) is 35.2 Å². The Hall–Kier alpha value is -1.91. The predicted octanol–water partition coefficient (Wildman–Crippen LogP) is 0.916. The summed E-state index contributed by atoms with van der Waals surface area (Å²) in [5, 5.41) is 2.30. The van der Waals surface area contributed by atoms with Crippen LogP contribution in [-0.2, 0) is 14.4 Å². The van der Waals surface area contributed by atoms with Crippen LogP contribution in [0, 0.1) is 0 Å². The SMILES string of the molecule is C/C=C\C1=C(CC)CN(C2CCC(=O)NC2=O)C1=O. The van der Waals surface area contributed by atoms with E-state index in [4.69, 9.17) is 0 Å². The van der Waals surface area contributed by atoms with Crippen LogP contribution in [0.2, 0.25) is 0 Å². The van der Waals surface area contributed by atoms with Crippen molar-refractivity contribution in [2.45, 2.75) is 39.2 Å². The van der Waals surface area contributed by atoms with E-state index in [-0.39, 0.29) is 17.7 Å². The molecule has 0 saturated carbocycles. The smallest absolute Gasteiger partial charge is 0.254 e. The molecule has 1 fully saturated rings. The van der Waals surface area contributed by atoms with Crippen LogP contribution in [0.5, 0.6) is 0 Å². The summed E-state index contributed by atoms with van der Waals surface area (Å²) < 4.78 is 0. The van der Waals surface area contributed by atoms with E-state index in [1.807, 2.05) is 19.9 Å². The Morgan fingerprint density at radius 1 is 1.37 bits per heavy atom. The quantitative estimate of drug-likeness (QED) is 0.769. The van der Waals surface area contributed by atoms with Crippen LogP contribution < -0.4 is 5.32 Å². The molecule has 0 aromatic heterocycles. The van der Waals surface area contributed by atoms with Crippen molar-refractivity contribution in [2.75, 3.05) is 6.54 Å². The lowest BCUT2D eigenvalue weighted by atomic mass is 10.0. The Balaban J connectivity index is 2.19. The van der Waals surface area contributed by atoms with Gasteiger partial charge in [-0.15, -0.1) is 0 Å². The highest BCUT2D eigenvalue weighted by molar-refractivity contribution is 6.05. The van der Waals surface area contributed by atoms with Gasteiger partial charge in [0.25, 0.3) is 5.91 Å². The Morgan fingerprint density at radius 2 is 2.11 bits per heavy atom. The number of hydrogen-bond donors (Lipinski definition) is 1. The van der Waals surface area contributed by atoms with Gasteiger partial charge < -0.3 is 4.90 Å². The Labute approximate surface area is 112 Å². The van der Waals surface area contributed by atoms with Gasteiger partial charge in [-0.1, -0.05) is 19.1 Å². The number of carbonyl (C=O) groups excluding carboxylic acids is 3. The molecule has 2 heterocycles.